The van der Waals surface area contributed by atoms with Crippen molar-refractivity contribution in [2.24, 2.45) is 5.92 Å². The summed E-state index contributed by atoms with van der Waals surface area (Å²) in [5.74, 6) is 0.496. The number of rotatable bonds is 2. The van der Waals surface area contributed by atoms with E-state index in [2.05, 4.69) is 26.5 Å². The van der Waals surface area contributed by atoms with Crippen LogP contribution in [0.15, 0.2) is 66.9 Å². The van der Waals surface area contributed by atoms with Crippen molar-refractivity contribution >= 4 is 23.3 Å². The van der Waals surface area contributed by atoms with Crippen LogP contribution >= 0.6 is 11.6 Å². The van der Waals surface area contributed by atoms with Gasteiger partial charge in [0, 0.05) is 35.5 Å². The van der Waals surface area contributed by atoms with Crippen LogP contribution in [-0.4, -0.2) is 25.5 Å². The number of nitrogens with one attached hydrogen (secondary N) is 1. The minimum Gasteiger partial charge on any atom is -0.328 e. The Kier molecular flexibility index (Phi) is 3.79. The molecule has 1 N–H and O–H groups in total. The van der Waals surface area contributed by atoms with E-state index in [1.165, 1.54) is 6.33 Å². The van der Waals surface area contributed by atoms with E-state index in [1.807, 2.05) is 36.4 Å². The summed E-state index contributed by atoms with van der Waals surface area (Å²) in [7, 11) is 0. The molecule has 27 heavy (non-hydrogen) atoms. The number of carbonyl (C=O) groups is 1. The molecule has 1 aromatic carbocycles. The molecule has 3 aromatic rings. The molecule has 0 saturated carbocycles. The Morgan fingerprint density at radius 3 is 2.78 bits per heavy atom. The Hall–Kier alpha value is -2.99. The van der Waals surface area contributed by atoms with Crippen molar-refractivity contribution in [1.29, 1.82) is 0 Å². The molecule has 0 amide bonds. The van der Waals surface area contributed by atoms with Gasteiger partial charge in [0.25, 0.3) is 0 Å². The Morgan fingerprint density at radius 1 is 1.15 bits per heavy atom. The number of nitrogens with zero attached hydrogens (tertiary/aromatic N) is 4. The average Bonchev–Trinajstić information content (AvgIpc) is 3.15. The fourth-order valence-electron chi connectivity index (χ4n) is 3.98. The summed E-state index contributed by atoms with van der Waals surface area (Å²) in [6.07, 6.45) is 7.60. The number of pyridine rings is 1. The number of fused-ring (bicyclic) bond motifs is 2. The van der Waals surface area contributed by atoms with Gasteiger partial charge in [-0.2, -0.15) is 10.1 Å². The third kappa shape index (κ3) is 2.73. The number of Topliss-reactive ketones (excluding diaryl/α,β-unsaturated/α-hetero) is 1. The highest BCUT2D eigenvalue weighted by atomic mass is 35.5. The SMILES string of the molecule is O=C1C[C@@H](c2ccc(Cl)cc2)C=C2Nc3ncnn3[C@@H](c3cccnc3)[C@H]12. The quantitative estimate of drug-likeness (QED) is 0.738. The number of hydrogen-bond acceptors (Lipinski definition) is 5. The van der Waals surface area contributed by atoms with Gasteiger partial charge in [0.05, 0.1) is 12.0 Å². The van der Waals surface area contributed by atoms with E-state index < -0.39 is 0 Å². The van der Waals surface area contributed by atoms with E-state index >= 15 is 0 Å². The van der Waals surface area contributed by atoms with Crippen LogP contribution in [0.4, 0.5) is 5.95 Å². The number of hydrogen-bond donors (Lipinski definition) is 1. The molecule has 0 unspecified atom stereocenters. The average molecular weight is 378 g/mol. The van der Waals surface area contributed by atoms with Crippen molar-refractivity contribution in [2.45, 2.75) is 18.4 Å². The van der Waals surface area contributed by atoms with Crippen molar-refractivity contribution in [3.63, 3.8) is 0 Å². The summed E-state index contributed by atoms with van der Waals surface area (Å²) in [4.78, 5) is 21.7. The predicted octanol–water partition coefficient (Wildman–Crippen LogP) is 3.60. The van der Waals surface area contributed by atoms with E-state index in [9.17, 15) is 4.79 Å². The molecule has 0 saturated heterocycles. The second-order valence-electron chi connectivity index (χ2n) is 6.81. The minimum absolute atomic E-state index is 0.0116. The Bertz CT molecular complexity index is 1030. The Morgan fingerprint density at radius 2 is 2.00 bits per heavy atom. The van der Waals surface area contributed by atoms with E-state index in [4.69, 9.17) is 11.6 Å². The number of ketones is 1. The summed E-state index contributed by atoms with van der Waals surface area (Å²) < 4.78 is 1.78. The molecule has 134 valence electrons. The summed E-state index contributed by atoms with van der Waals surface area (Å²) in [5, 5.41) is 8.34. The van der Waals surface area contributed by atoms with Crippen LogP contribution in [0.25, 0.3) is 0 Å². The van der Waals surface area contributed by atoms with E-state index in [0.717, 1.165) is 16.8 Å². The highest BCUT2D eigenvalue weighted by Gasteiger charge is 2.43. The molecule has 0 spiro atoms. The van der Waals surface area contributed by atoms with Crippen LogP contribution in [-0.2, 0) is 4.79 Å². The van der Waals surface area contributed by atoms with Gasteiger partial charge < -0.3 is 5.32 Å². The molecule has 0 bridgehead atoms. The van der Waals surface area contributed by atoms with Crippen molar-refractivity contribution in [3.05, 3.63) is 83.0 Å². The monoisotopic (exact) mass is 377 g/mol. The lowest BCUT2D eigenvalue weighted by molar-refractivity contribution is -0.123. The molecule has 0 fully saturated rings. The fourth-order valence-corrected chi connectivity index (χ4v) is 4.11. The van der Waals surface area contributed by atoms with Gasteiger partial charge in [-0.15, -0.1) is 0 Å². The zero-order chi connectivity index (χ0) is 18.4. The molecule has 0 radical (unpaired) electrons. The van der Waals surface area contributed by atoms with E-state index in [-0.39, 0.29) is 23.7 Å². The Balaban J connectivity index is 1.60. The van der Waals surface area contributed by atoms with Crippen molar-refractivity contribution in [1.82, 2.24) is 19.7 Å². The summed E-state index contributed by atoms with van der Waals surface area (Å²) in [5.41, 5.74) is 2.89. The first-order chi connectivity index (χ1) is 13.2. The zero-order valence-electron chi connectivity index (χ0n) is 14.3. The van der Waals surface area contributed by atoms with Gasteiger partial charge in [0.1, 0.15) is 12.1 Å². The standard InChI is InChI=1S/C20H16ClN5O/c21-15-5-3-12(4-6-15)14-8-16-18(17(27)9-14)19(13-2-1-7-22-10-13)26-20(25-16)23-11-24-26/h1-8,10-11,14,18-19H,9H2,(H,23,24,25)/t14-,18-,19-/m0/s1. The number of aromatic nitrogens is 4. The van der Waals surface area contributed by atoms with Crippen LogP contribution in [0.2, 0.25) is 5.02 Å². The molecule has 6 nitrogen and oxygen atoms in total. The van der Waals surface area contributed by atoms with Crippen LogP contribution in [0, 0.1) is 5.92 Å². The topological polar surface area (TPSA) is 72.7 Å². The maximum Gasteiger partial charge on any atom is 0.226 e. The second kappa shape index (κ2) is 6.32. The first-order valence-corrected chi connectivity index (χ1v) is 9.15. The lowest BCUT2D eigenvalue weighted by atomic mass is 9.76. The van der Waals surface area contributed by atoms with Gasteiger partial charge in [-0.3, -0.25) is 9.78 Å². The third-order valence-corrected chi connectivity index (χ3v) is 5.47. The summed E-state index contributed by atoms with van der Waals surface area (Å²) in [6, 6.07) is 11.3. The van der Waals surface area contributed by atoms with Crippen LogP contribution in [0.5, 0.6) is 0 Å². The third-order valence-electron chi connectivity index (χ3n) is 5.22. The van der Waals surface area contributed by atoms with Gasteiger partial charge >= 0.3 is 0 Å². The predicted molar refractivity (Wildman–Crippen MR) is 101 cm³/mol. The lowest BCUT2D eigenvalue weighted by Crippen LogP contribution is -2.40. The van der Waals surface area contributed by atoms with Crippen molar-refractivity contribution < 1.29 is 4.79 Å². The molecule has 1 aliphatic carbocycles. The molecule has 5 rings (SSSR count). The number of anilines is 1. The summed E-state index contributed by atoms with van der Waals surface area (Å²) in [6.45, 7) is 0. The smallest absolute Gasteiger partial charge is 0.226 e. The number of allylic oxidation sites excluding steroid dienone is 2. The molecule has 2 aliphatic rings. The van der Waals surface area contributed by atoms with Crippen LogP contribution < -0.4 is 5.32 Å². The highest BCUT2D eigenvalue weighted by Crippen LogP contribution is 2.43. The maximum absolute atomic E-state index is 13.2. The molecule has 2 aromatic heterocycles. The summed E-state index contributed by atoms with van der Waals surface area (Å²) >= 11 is 6.00. The van der Waals surface area contributed by atoms with Gasteiger partial charge in [-0.1, -0.05) is 35.9 Å². The van der Waals surface area contributed by atoms with E-state index in [1.54, 1.807) is 17.1 Å². The molecule has 7 heteroatoms. The second-order valence-corrected chi connectivity index (χ2v) is 7.25. The number of carbonyl (C=O) groups excluding carboxylic acids is 1. The molecular weight excluding hydrogens is 362 g/mol. The molecular formula is C20H16ClN5O. The first-order valence-electron chi connectivity index (χ1n) is 8.77. The Labute approximate surface area is 160 Å². The van der Waals surface area contributed by atoms with E-state index in [0.29, 0.717) is 17.4 Å². The fraction of sp³-hybridized carbons (Fsp3) is 0.200. The largest absolute Gasteiger partial charge is 0.328 e. The molecule has 1 aliphatic heterocycles. The zero-order valence-corrected chi connectivity index (χ0v) is 15.0. The minimum atomic E-state index is -0.327. The van der Waals surface area contributed by atoms with Crippen LogP contribution in [0.1, 0.15) is 29.5 Å². The van der Waals surface area contributed by atoms with Gasteiger partial charge in [0.2, 0.25) is 5.95 Å². The normalized spacial score (nSPS) is 23.8. The molecule has 3 heterocycles. The maximum atomic E-state index is 13.2. The van der Waals surface area contributed by atoms with Crippen molar-refractivity contribution in [3.8, 4) is 0 Å². The van der Waals surface area contributed by atoms with Gasteiger partial charge in [-0.05, 0) is 29.3 Å². The first kappa shape index (κ1) is 16.2. The number of halogens is 1. The van der Waals surface area contributed by atoms with Crippen molar-refractivity contribution in [2.75, 3.05) is 5.32 Å². The van der Waals surface area contributed by atoms with Gasteiger partial charge in [0.15, 0.2) is 0 Å². The lowest BCUT2D eigenvalue weighted by Gasteiger charge is -2.37. The number of benzene rings is 1. The molecule has 3 atom stereocenters. The van der Waals surface area contributed by atoms with Crippen LogP contribution in [0.3, 0.4) is 0 Å². The highest BCUT2D eigenvalue weighted by molar-refractivity contribution is 6.30. The van der Waals surface area contributed by atoms with Gasteiger partial charge in [-0.25, -0.2) is 4.68 Å².